The molecule has 0 saturated carbocycles. The predicted molar refractivity (Wildman–Crippen MR) is 123 cm³/mol. The molecule has 4 rings (SSSR count). The number of rotatable bonds is 7. The zero-order valence-electron chi connectivity index (χ0n) is 18.7. The van der Waals surface area contributed by atoms with Crippen molar-refractivity contribution in [3.05, 3.63) is 53.1 Å². The van der Waals surface area contributed by atoms with Gasteiger partial charge in [-0.3, -0.25) is 0 Å². The second kappa shape index (κ2) is 9.03. The van der Waals surface area contributed by atoms with Crippen LogP contribution in [-0.2, 0) is 19.3 Å². The predicted octanol–water partition coefficient (Wildman–Crippen LogP) is 6.42. The minimum Gasteiger partial charge on any atom is -0.497 e. The second-order valence-electron chi connectivity index (χ2n) is 8.49. The van der Waals surface area contributed by atoms with Gasteiger partial charge >= 0.3 is 0 Å². The molecule has 1 unspecified atom stereocenters. The minimum absolute atomic E-state index is 0.319. The van der Waals surface area contributed by atoms with Crippen molar-refractivity contribution >= 4 is 0 Å². The van der Waals surface area contributed by atoms with E-state index in [0.29, 0.717) is 6.04 Å². The molecule has 0 aliphatic heterocycles. The van der Waals surface area contributed by atoms with Crippen molar-refractivity contribution in [3.8, 4) is 28.3 Å². The van der Waals surface area contributed by atoms with Gasteiger partial charge in [0.25, 0.3) is 0 Å². The Bertz CT molecular complexity index is 1020. The summed E-state index contributed by atoms with van der Waals surface area (Å²) in [5.41, 5.74) is 8.77. The molecule has 0 fully saturated rings. The highest BCUT2D eigenvalue weighted by molar-refractivity contribution is 5.82. The van der Waals surface area contributed by atoms with E-state index in [1.54, 1.807) is 7.11 Å². The Balaban J connectivity index is 1.90. The molecule has 0 radical (unpaired) electrons. The van der Waals surface area contributed by atoms with E-state index in [9.17, 15) is 0 Å². The fourth-order valence-corrected chi connectivity index (χ4v) is 4.60. The van der Waals surface area contributed by atoms with Crippen molar-refractivity contribution in [2.45, 2.75) is 71.8 Å². The summed E-state index contributed by atoms with van der Waals surface area (Å²) < 4.78 is 7.66. The number of aryl methyl sites for hydroxylation is 3. The number of nitrogens with zero attached hydrogens (tertiary/aromatic N) is 3. The number of methoxy groups -OCH3 is 1. The number of ether oxygens (including phenoxy) is 1. The molecule has 0 N–H and O–H groups in total. The molecule has 30 heavy (non-hydrogen) atoms. The third kappa shape index (κ3) is 3.88. The SMILES string of the molecule is CCCCc1ccc2c(c1)CCc1cc(OC)ccc1-c1nnn(C(C)CCC)c1-2. The summed E-state index contributed by atoms with van der Waals surface area (Å²) in [6.45, 7) is 6.73. The van der Waals surface area contributed by atoms with Crippen LogP contribution in [0.4, 0.5) is 0 Å². The molecular formula is C26H33N3O. The molecule has 1 aliphatic rings. The first-order chi connectivity index (χ1) is 14.7. The molecule has 0 saturated heterocycles. The van der Waals surface area contributed by atoms with Crippen LogP contribution in [0.5, 0.6) is 5.75 Å². The fraction of sp³-hybridized carbons (Fsp3) is 0.462. The van der Waals surface area contributed by atoms with Gasteiger partial charge in [0, 0.05) is 11.1 Å². The van der Waals surface area contributed by atoms with Gasteiger partial charge in [-0.15, -0.1) is 5.10 Å². The molecular weight excluding hydrogens is 370 g/mol. The van der Waals surface area contributed by atoms with Crippen LogP contribution < -0.4 is 4.74 Å². The van der Waals surface area contributed by atoms with Gasteiger partial charge in [-0.1, -0.05) is 50.1 Å². The van der Waals surface area contributed by atoms with E-state index in [4.69, 9.17) is 9.84 Å². The summed E-state index contributed by atoms with van der Waals surface area (Å²) in [4.78, 5) is 0. The highest BCUT2D eigenvalue weighted by Gasteiger charge is 2.25. The molecule has 4 heteroatoms. The Labute approximate surface area is 180 Å². The van der Waals surface area contributed by atoms with Crippen LogP contribution >= 0.6 is 0 Å². The third-order valence-corrected chi connectivity index (χ3v) is 6.29. The van der Waals surface area contributed by atoms with E-state index < -0.39 is 0 Å². The van der Waals surface area contributed by atoms with Gasteiger partial charge in [0.15, 0.2) is 0 Å². The Morgan fingerprint density at radius 1 is 1.00 bits per heavy atom. The van der Waals surface area contributed by atoms with E-state index in [2.05, 4.69) is 61.0 Å². The van der Waals surface area contributed by atoms with Crippen LogP contribution in [0.3, 0.4) is 0 Å². The number of aromatic nitrogens is 3. The van der Waals surface area contributed by atoms with Gasteiger partial charge in [0.05, 0.1) is 18.8 Å². The van der Waals surface area contributed by atoms with Gasteiger partial charge in [0.2, 0.25) is 0 Å². The van der Waals surface area contributed by atoms with E-state index in [1.807, 2.05) is 6.07 Å². The normalized spacial score (nSPS) is 13.6. The van der Waals surface area contributed by atoms with Crippen molar-refractivity contribution in [1.29, 1.82) is 0 Å². The summed E-state index contributed by atoms with van der Waals surface area (Å²) in [6.07, 6.45) is 7.82. The van der Waals surface area contributed by atoms with Crippen molar-refractivity contribution in [1.82, 2.24) is 15.0 Å². The van der Waals surface area contributed by atoms with Crippen molar-refractivity contribution in [2.24, 2.45) is 0 Å². The fourth-order valence-electron chi connectivity index (χ4n) is 4.60. The number of unbranched alkanes of at least 4 members (excludes halogenated alkanes) is 1. The molecule has 0 amide bonds. The summed E-state index contributed by atoms with van der Waals surface area (Å²) >= 11 is 0. The van der Waals surface area contributed by atoms with Crippen LogP contribution in [0.1, 0.15) is 69.2 Å². The second-order valence-corrected chi connectivity index (χ2v) is 8.49. The van der Waals surface area contributed by atoms with Gasteiger partial charge < -0.3 is 4.74 Å². The maximum absolute atomic E-state index is 5.51. The van der Waals surface area contributed by atoms with Crippen LogP contribution in [-0.4, -0.2) is 22.1 Å². The van der Waals surface area contributed by atoms with Crippen molar-refractivity contribution in [2.75, 3.05) is 7.11 Å². The number of benzene rings is 2. The maximum Gasteiger partial charge on any atom is 0.121 e. The van der Waals surface area contributed by atoms with Gasteiger partial charge in [-0.25, -0.2) is 4.68 Å². The Morgan fingerprint density at radius 2 is 1.77 bits per heavy atom. The Hall–Kier alpha value is -2.62. The van der Waals surface area contributed by atoms with Crippen LogP contribution in [0.15, 0.2) is 36.4 Å². The van der Waals surface area contributed by atoms with E-state index in [1.165, 1.54) is 46.4 Å². The van der Waals surface area contributed by atoms with Gasteiger partial charge in [0.1, 0.15) is 11.4 Å². The molecule has 3 aromatic rings. The highest BCUT2D eigenvalue weighted by atomic mass is 16.5. The van der Waals surface area contributed by atoms with Crippen LogP contribution in [0.25, 0.3) is 22.5 Å². The summed E-state index contributed by atoms with van der Waals surface area (Å²) in [5, 5.41) is 9.35. The van der Waals surface area contributed by atoms with Crippen molar-refractivity contribution < 1.29 is 4.74 Å². The average molecular weight is 404 g/mol. The van der Waals surface area contributed by atoms with Crippen LogP contribution in [0, 0.1) is 0 Å². The molecule has 1 heterocycles. The van der Waals surface area contributed by atoms with E-state index in [0.717, 1.165) is 43.5 Å². The third-order valence-electron chi connectivity index (χ3n) is 6.29. The molecule has 1 aliphatic carbocycles. The molecule has 0 spiro atoms. The minimum atomic E-state index is 0.319. The molecule has 2 aromatic carbocycles. The van der Waals surface area contributed by atoms with Crippen LogP contribution in [0.2, 0.25) is 0 Å². The Morgan fingerprint density at radius 3 is 2.50 bits per heavy atom. The first-order valence-corrected chi connectivity index (χ1v) is 11.4. The smallest absolute Gasteiger partial charge is 0.121 e. The molecule has 4 nitrogen and oxygen atoms in total. The summed E-state index contributed by atoms with van der Waals surface area (Å²) in [6, 6.07) is 13.7. The molecule has 0 bridgehead atoms. The number of fused-ring (bicyclic) bond motifs is 5. The Kier molecular flexibility index (Phi) is 6.21. The first kappa shape index (κ1) is 20.6. The lowest BCUT2D eigenvalue weighted by Gasteiger charge is -2.21. The largest absolute Gasteiger partial charge is 0.497 e. The zero-order valence-corrected chi connectivity index (χ0v) is 18.7. The van der Waals surface area contributed by atoms with E-state index >= 15 is 0 Å². The molecule has 158 valence electrons. The quantitative estimate of drug-likeness (QED) is 0.457. The van der Waals surface area contributed by atoms with Crippen molar-refractivity contribution in [3.63, 3.8) is 0 Å². The standard InChI is InChI=1S/C26H33N3O/c1-5-7-9-19-10-14-24-20(16-19)11-12-21-17-22(30-4)13-15-23(21)25-26(24)29(28-27-25)18(3)8-6-2/h10,13-18H,5-9,11-12H2,1-4H3. The number of hydrogen-bond acceptors (Lipinski definition) is 3. The topological polar surface area (TPSA) is 39.9 Å². The average Bonchev–Trinajstić information content (AvgIpc) is 3.19. The van der Waals surface area contributed by atoms with E-state index in [-0.39, 0.29) is 0 Å². The first-order valence-electron chi connectivity index (χ1n) is 11.4. The monoisotopic (exact) mass is 403 g/mol. The lowest BCUT2D eigenvalue weighted by Crippen LogP contribution is -2.11. The molecule has 1 atom stereocenters. The summed E-state index contributed by atoms with van der Waals surface area (Å²) in [5.74, 6) is 0.902. The summed E-state index contributed by atoms with van der Waals surface area (Å²) in [7, 11) is 1.73. The highest BCUT2D eigenvalue weighted by Crippen LogP contribution is 2.40. The lowest BCUT2D eigenvalue weighted by molar-refractivity contribution is 0.414. The number of hydrogen-bond donors (Lipinski definition) is 0. The lowest BCUT2D eigenvalue weighted by atomic mass is 9.87. The zero-order chi connectivity index (χ0) is 21.1. The van der Waals surface area contributed by atoms with Gasteiger partial charge in [-0.05, 0) is 73.9 Å². The maximum atomic E-state index is 5.51. The molecule has 1 aromatic heterocycles. The van der Waals surface area contributed by atoms with Gasteiger partial charge in [-0.2, -0.15) is 0 Å².